The van der Waals surface area contributed by atoms with Crippen LogP contribution in [0.4, 0.5) is 0 Å². The molecule has 8 atom stereocenters. The molecule has 8 unspecified atom stereocenters. The van der Waals surface area contributed by atoms with Crippen LogP contribution >= 0.6 is 0 Å². The molecule has 0 aliphatic heterocycles. The van der Waals surface area contributed by atoms with Crippen molar-refractivity contribution in [3.8, 4) is 0 Å². The molecule has 0 aromatic carbocycles. The summed E-state index contributed by atoms with van der Waals surface area (Å²) in [6, 6.07) is 0. The van der Waals surface area contributed by atoms with Crippen LogP contribution in [0.15, 0.2) is 22.8 Å². The molecule has 4 aliphatic carbocycles. The van der Waals surface area contributed by atoms with E-state index in [4.69, 9.17) is 0 Å². The Morgan fingerprint density at radius 1 is 0.941 bits per heavy atom. The summed E-state index contributed by atoms with van der Waals surface area (Å²) in [5, 5.41) is 22.2. The first-order valence-electron chi connectivity index (χ1n) is 14.5. The quantitative estimate of drug-likeness (QED) is 0.399. The van der Waals surface area contributed by atoms with Gasteiger partial charge in [0.15, 0.2) is 0 Å². The summed E-state index contributed by atoms with van der Waals surface area (Å²) in [5.74, 6) is 2.01. The molecule has 0 aromatic rings. The van der Waals surface area contributed by atoms with E-state index >= 15 is 0 Å². The minimum Gasteiger partial charge on any atom is -0.393 e. The first-order valence-corrected chi connectivity index (χ1v) is 14.5. The van der Waals surface area contributed by atoms with Gasteiger partial charge in [-0.25, -0.2) is 0 Å². The van der Waals surface area contributed by atoms with Gasteiger partial charge < -0.3 is 10.2 Å². The van der Waals surface area contributed by atoms with Crippen LogP contribution in [0.1, 0.15) is 120 Å². The van der Waals surface area contributed by atoms with Crippen molar-refractivity contribution in [2.75, 3.05) is 0 Å². The molecular formula is C32H54O2. The minimum atomic E-state index is -0.248. The molecule has 194 valence electrons. The Hall–Kier alpha value is -0.600. The van der Waals surface area contributed by atoms with E-state index in [1.165, 1.54) is 44.1 Å². The third-order valence-electron chi connectivity index (χ3n) is 12.6. The van der Waals surface area contributed by atoms with E-state index in [-0.39, 0.29) is 33.9 Å². The van der Waals surface area contributed by atoms with E-state index < -0.39 is 0 Å². The van der Waals surface area contributed by atoms with Crippen molar-refractivity contribution in [2.24, 2.45) is 45.3 Å². The molecule has 0 heterocycles. The van der Waals surface area contributed by atoms with Gasteiger partial charge in [-0.2, -0.15) is 0 Å². The topological polar surface area (TPSA) is 40.5 Å². The van der Waals surface area contributed by atoms with Gasteiger partial charge in [0.2, 0.25) is 0 Å². The SMILES string of the molecule is CC=C(CC(O)C(C)C1CCC2(C)C3=C(CCC12C)C1(C)CCC(O)C(C)(C)C1CC3)C(C)C. The molecule has 2 N–H and O–H groups in total. The van der Waals surface area contributed by atoms with Crippen LogP contribution < -0.4 is 0 Å². The molecule has 2 saturated carbocycles. The Kier molecular flexibility index (Phi) is 6.82. The highest BCUT2D eigenvalue weighted by Gasteiger charge is 2.63. The maximum Gasteiger partial charge on any atom is 0.0605 e. The summed E-state index contributed by atoms with van der Waals surface area (Å²) in [7, 11) is 0. The van der Waals surface area contributed by atoms with Crippen molar-refractivity contribution in [1.82, 2.24) is 0 Å². The summed E-state index contributed by atoms with van der Waals surface area (Å²) in [5.41, 5.74) is 5.77. The van der Waals surface area contributed by atoms with Gasteiger partial charge in [0, 0.05) is 0 Å². The molecule has 0 bridgehead atoms. The van der Waals surface area contributed by atoms with Crippen LogP contribution in [0.5, 0.6) is 0 Å². The maximum atomic E-state index is 11.4. The van der Waals surface area contributed by atoms with Crippen LogP contribution in [0, 0.1) is 45.3 Å². The van der Waals surface area contributed by atoms with E-state index in [9.17, 15) is 10.2 Å². The summed E-state index contributed by atoms with van der Waals surface area (Å²) in [6.07, 6.45) is 12.2. The average molecular weight is 471 g/mol. The van der Waals surface area contributed by atoms with Gasteiger partial charge in [0.1, 0.15) is 0 Å². The number of fused-ring (bicyclic) bond motifs is 4. The monoisotopic (exact) mass is 470 g/mol. The fraction of sp³-hybridized carbons (Fsp3) is 0.875. The largest absolute Gasteiger partial charge is 0.393 e. The molecule has 0 radical (unpaired) electrons. The first kappa shape index (κ1) is 26.5. The van der Waals surface area contributed by atoms with Gasteiger partial charge in [-0.15, -0.1) is 0 Å². The highest BCUT2D eigenvalue weighted by Crippen LogP contribution is 2.72. The molecule has 0 amide bonds. The maximum absolute atomic E-state index is 11.4. The second-order valence-electron chi connectivity index (χ2n) is 14.4. The molecule has 34 heavy (non-hydrogen) atoms. The molecule has 0 spiro atoms. The minimum absolute atomic E-state index is 0.00490. The van der Waals surface area contributed by atoms with E-state index in [1.54, 1.807) is 11.1 Å². The van der Waals surface area contributed by atoms with Crippen LogP contribution in [-0.4, -0.2) is 22.4 Å². The number of rotatable bonds is 5. The smallest absolute Gasteiger partial charge is 0.0605 e. The summed E-state index contributed by atoms with van der Waals surface area (Å²) in [6.45, 7) is 21.3. The second-order valence-corrected chi connectivity index (χ2v) is 14.4. The lowest BCUT2D eigenvalue weighted by Crippen LogP contribution is -2.55. The van der Waals surface area contributed by atoms with Gasteiger partial charge in [-0.05, 0) is 110 Å². The zero-order valence-electron chi connectivity index (χ0n) is 23.8. The highest BCUT2D eigenvalue weighted by molar-refractivity contribution is 5.38. The van der Waals surface area contributed by atoms with Crippen molar-refractivity contribution in [3.05, 3.63) is 22.8 Å². The standard InChI is InChI=1S/C32H54O2/c1-10-22(20(2)3)19-26(33)21(4)23-13-17-32(9)25-11-12-27-29(5,6)28(34)15-16-30(27,7)24(25)14-18-31(23,32)8/h10,20-21,23,26-28,33-34H,11-19H2,1-9H3. The lowest BCUT2D eigenvalue weighted by atomic mass is 9.43. The van der Waals surface area contributed by atoms with Gasteiger partial charge >= 0.3 is 0 Å². The highest BCUT2D eigenvalue weighted by atomic mass is 16.3. The van der Waals surface area contributed by atoms with Gasteiger partial charge in [-0.3, -0.25) is 0 Å². The van der Waals surface area contributed by atoms with Crippen LogP contribution in [0.3, 0.4) is 0 Å². The summed E-state index contributed by atoms with van der Waals surface area (Å²) in [4.78, 5) is 0. The van der Waals surface area contributed by atoms with E-state index in [1.807, 2.05) is 0 Å². The van der Waals surface area contributed by atoms with E-state index in [0.29, 0.717) is 23.7 Å². The van der Waals surface area contributed by atoms with E-state index in [0.717, 1.165) is 19.3 Å². The Balaban J connectivity index is 1.64. The lowest BCUT2D eigenvalue weighted by molar-refractivity contribution is -0.0970. The number of hydrogen-bond donors (Lipinski definition) is 2. The van der Waals surface area contributed by atoms with Crippen LogP contribution in [-0.2, 0) is 0 Å². The third kappa shape index (κ3) is 3.63. The molecule has 4 aliphatic rings. The fourth-order valence-electron chi connectivity index (χ4n) is 9.94. The Bertz CT molecular complexity index is 849. The number of aliphatic hydroxyl groups excluding tert-OH is 2. The van der Waals surface area contributed by atoms with Gasteiger partial charge in [-0.1, -0.05) is 78.2 Å². The Morgan fingerprint density at radius 3 is 2.24 bits per heavy atom. The number of aliphatic hydroxyl groups is 2. The van der Waals surface area contributed by atoms with Crippen molar-refractivity contribution < 1.29 is 10.2 Å². The lowest BCUT2D eigenvalue weighted by Gasteiger charge is -2.62. The number of hydrogen-bond acceptors (Lipinski definition) is 2. The first-order chi connectivity index (χ1) is 15.7. The van der Waals surface area contributed by atoms with Gasteiger partial charge in [0.05, 0.1) is 12.2 Å². The molecule has 2 nitrogen and oxygen atoms in total. The van der Waals surface area contributed by atoms with Gasteiger partial charge in [0.25, 0.3) is 0 Å². The molecule has 0 aromatic heterocycles. The molecule has 2 fully saturated rings. The van der Waals surface area contributed by atoms with Crippen LogP contribution in [0.2, 0.25) is 0 Å². The zero-order valence-corrected chi connectivity index (χ0v) is 23.8. The summed E-state index contributed by atoms with van der Waals surface area (Å²) >= 11 is 0. The van der Waals surface area contributed by atoms with Crippen molar-refractivity contribution in [3.63, 3.8) is 0 Å². The zero-order chi connectivity index (χ0) is 25.3. The van der Waals surface area contributed by atoms with E-state index in [2.05, 4.69) is 68.4 Å². The predicted molar refractivity (Wildman–Crippen MR) is 143 cm³/mol. The normalized spacial score (nSPS) is 43.9. The fourth-order valence-corrected chi connectivity index (χ4v) is 9.94. The Labute approximate surface area is 210 Å². The second kappa shape index (κ2) is 8.76. The Morgan fingerprint density at radius 2 is 1.62 bits per heavy atom. The molecular weight excluding hydrogens is 416 g/mol. The molecule has 4 rings (SSSR count). The van der Waals surface area contributed by atoms with Crippen LogP contribution in [0.25, 0.3) is 0 Å². The number of allylic oxidation sites excluding steroid dienone is 3. The van der Waals surface area contributed by atoms with Crippen molar-refractivity contribution >= 4 is 0 Å². The molecule has 0 saturated heterocycles. The average Bonchev–Trinajstić information content (AvgIpc) is 3.05. The summed E-state index contributed by atoms with van der Waals surface area (Å²) < 4.78 is 0. The van der Waals surface area contributed by atoms with Crippen molar-refractivity contribution in [2.45, 2.75) is 132 Å². The predicted octanol–water partition coefficient (Wildman–Crippen LogP) is 8.09. The van der Waals surface area contributed by atoms with Crippen molar-refractivity contribution in [1.29, 1.82) is 0 Å². The molecule has 2 heteroatoms. The third-order valence-corrected chi connectivity index (χ3v) is 12.6.